The third-order valence-corrected chi connectivity index (χ3v) is 2.95. The zero-order valence-electron chi connectivity index (χ0n) is 12.9. The van der Waals surface area contributed by atoms with Gasteiger partial charge in [0.1, 0.15) is 11.5 Å². The molecule has 0 atom stereocenters. The van der Waals surface area contributed by atoms with Crippen LogP contribution in [0.2, 0.25) is 0 Å². The van der Waals surface area contributed by atoms with E-state index in [1.165, 1.54) is 6.20 Å². The molecule has 0 aromatic carbocycles. The number of amides is 1. The highest BCUT2D eigenvalue weighted by molar-refractivity contribution is 5.91. The van der Waals surface area contributed by atoms with Crippen LogP contribution in [0.15, 0.2) is 12.4 Å². The second-order valence-corrected chi connectivity index (χ2v) is 5.09. The SMILES string of the molecule is CCCCN(C)c1cnc(C(=O)NCCN(C)C)cn1. The molecular formula is C14H25N5O. The average Bonchev–Trinajstić information content (AvgIpc) is 2.44. The second kappa shape index (κ2) is 8.47. The molecule has 0 bridgehead atoms. The molecule has 1 aromatic rings. The number of aromatic nitrogens is 2. The molecule has 1 aromatic heterocycles. The lowest BCUT2D eigenvalue weighted by molar-refractivity contribution is 0.0945. The summed E-state index contributed by atoms with van der Waals surface area (Å²) in [6.45, 7) is 4.50. The topological polar surface area (TPSA) is 61.4 Å². The van der Waals surface area contributed by atoms with Crippen molar-refractivity contribution in [3.63, 3.8) is 0 Å². The van der Waals surface area contributed by atoms with Crippen LogP contribution in [0.4, 0.5) is 5.82 Å². The third kappa shape index (κ3) is 5.52. The average molecular weight is 279 g/mol. The van der Waals surface area contributed by atoms with E-state index in [0.29, 0.717) is 12.2 Å². The number of carbonyl (C=O) groups is 1. The van der Waals surface area contributed by atoms with Crippen LogP contribution < -0.4 is 10.2 Å². The molecule has 0 spiro atoms. The fourth-order valence-corrected chi connectivity index (χ4v) is 1.63. The molecule has 20 heavy (non-hydrogen) atoms. The number of likely N-dealkylation sites (N-methyl/N-ethyl adjacent to an activating group) is 1. The molecule has 1 heterocycles. The van der Waals surface area contributed by atoms with Crippen molar-refractivity contribution in [2.24, 2.45) is 0 Å². The van der Waals surface area contributed by atoms with E-state index in [9.17, 15) is 4.79 Å². The summed E-state index contributed by atoms with van der Waals surface area (Å²) < 4.78 is 0. The Morgan fingerprint density at radius 1 is 1.20 bits per heavy atom. The summed E-state index contributed by atoms with van der Waals surface area (Å²) in [5.74, 6) is 0.616. The largest absolute Gasteiger partial charge is 0.358 e. The van der Waals surface area contributed by atoms with E-state index in [2.05, 4.69) is 22.2 Å². The van der Waals surface area contributed by atoms with Crippen LogP contribution in [-0.4, -0.2) is 61.6 Å². The third-order valence-electron chi connectivity index (χ3n) is 2.95. The number of hydrogen-bond donors (Lipinski definition) is 1. The van der Waals surface area contributed by atoms with E-state index in [1.54, 1.807) is 6.20 Å². The Balaban J connectivity index is 2.50. The van der Waals surface area contributed by atoms with Crippen LogP contribution in [0, 0.1) is 0 Å². The Morgan fingerprint density at radius 3 is 2.50 bits per heavy atom. The van der Waals surface area contributed by atoms with E-state index < -0.39 is 0 Å². The first-order chi connectivity index (χ1) is 9.54. The van der Waals surface area contributed by atoms with E-state index in [0.717, 1.165) is 31.7 Å². The highest BCUT2D eigenvalue weighted by atomic mass is 16.1. The summed E-state index contributed by atoms with van der Waals surface area (Å²) >= 11 is 0. The van der Waals surface area contributed by atoms with Crippen molar-refractivity contribution in [1.82, 2.24) is 20.2 Å². The number of hydrogen-bond acceptors (Lipinski definition) is 5. The van der Waals surface area contributed by atoms with Crippen molar-refractivity contribution in [2.75, 3.05) is 45.7 Å². The monoisotopic (exact) mass is 279 g/mol. The minimum Gasteiger partial charge on any atom is -0.358 e. The molecule has 0 aliphatic rings. The summed E-state index contributed by atoms with van der Waals surface area (Å²) in [5.41, 5.74) is 0.358. The Labute approximate surface area is 121 Å². The Kier molecular flexibility index (Phi) is 6.93. The molecule has 0 radical (unpaired) electrons. The van der Waals surface area contributed by atoms with Crippen LogP contribution in [0.25, 0.3) is 0 Å². The Hall–Kier alpha value is -1.69. The Bertz CT molecular complexity index is 405. The van der Waals surface area contributed by atoms with Gasteiger partial charge in [-0.1, -0.05) is 13.3 Å². The predicted octanol–water partition coefficient (Wildman–Crippen LogP) is 1.00. The van der Waals surface area contributed by atoms with Crippen molar-refractivity contribution in [1.29, 1.82) is 0 Å². The Morgan fingerprint density at radius 2 is 1.95 bits per heavy atom. The van der Waals surface area contributed by atoms with E-state index in [1.807, 2.05) is 30.9 Å². The summed E-state index contributed by atoms with van der Waals surface area (Å²) in [4.78, 5) is 24.4. The van der Waals surface area contributed by atoms with Gasteiger partial charge in [-0.15, -0.1) is 0 Å². The molecule has 1 N–H and O–H groups in total. The molecule has 0 saturated carbocycles. The van der Waals surface area contributed by atoms with E-state index in [-0.39, 0.29) is 5.91 Å². The van der Waals surface area contributed by atoms with Crippen LogP contribution in [0.1, 0.15) is 30.3 Å². The maximum absolute atomic E-state index is 11.8. The number of anilines is 1. The van der Waals surface area contributed by atoms with Crippen LogP contribution in [-0.2, 0) is 0 Å². The number of carbonyl (C=O) groups excluding carboxylic acids is 1. The van der Waals surface area contributed by atoms with Crippen molar-refractivity contribution >= 4 is 11.7 Å². The van der Waals surface area contributed by atoms with Crippen molar-refractivity contribution < 1.29 is 4.79 Å². The molecule has 0 aliphatic carbocycles. The maximum atomic E-state index is 11.8. The molecule has 6 heteroatoms. The normalized spacial score (nSPS) is 10.7. The van der Waals surface area contributed by atoms with Crippen molar-refractivity contribution in [3.05, 3.63) is 18.1 Å². The molecule has 1 rings (SSSR count). The lowest BCUT2D eigenvalue weighted by Crippen LogP contribution is -2.32. The molecule has 0 fully saturated rings. The van der Waals surface area contributed by atoms with Gasteiger partial charge in [-0.3, -0.25) is 4.79 Å². The number of unbranched alkanes of at least 4 members (excludes halogenated alkanes) is 1. The molecule has 0 unspecified atom stereocenters. The van der Waals surface area contributed by atoms with Gasteiger partial charge in [-0.2, -0.15) is 0 Å². The zero-order valence-corrected chi connectivity index (χ0v) is 12.9. The molecule has 6 nitrogen and oxygen atoms in total. The predicted molar refractivity (Wildman–Crippen MR) is 81.1 cm³/mol. The molecule has 0 saturated heterocycles. The molecule has 112 valence electrons. The summed E-state index contributed by atoms with van der Waals surface area (Å²) in [6.07, 6.45) is 5.44. The number of nitrogens with one attached hydrogen (secondary N) is 1. The first kappa shape index (κ1) is 16.4. The number of rotatable bonds is 8. The number of nitrogens with zero attached hydrogens (tertiary/aromatic N) is 4. The van der Waals surface area contributed by atoms with Gasteiger partial charge < -0.3 is 15.1 Å². The second-order valence-electron chi connectivity index (χ2n) is 5.09. The standard InChI is InChI=1S/C14H25N5O/c1-5-6-8-19(4)13-11-16-12(10-17-13)14(20)15-7-9-18(2)3/h10-11H,5-9H2,1-4H3,(H,15,20). The maximum Gasteiger partial charge on any atom is 0.271 e. The summed E-state index contributed by atoms with van der Waals surface area (Å²) in [5, 5.41) is 2.82. The first-order valence-corrected chi connectivity index (χ1v) is 7.00. The van der Waals surface area contributed by atoms with Gasteiger partial charge in [0.25, 0.3) is 5.91 Å². The summed E-state index contributed by atoms with van der Waals surface area (Å²) in [6, 6.07) is 0. The van der Waals surface area contributed by atoms with Crippen LogP contribution >= 0.6 is 0 Å². The highest BCUT2D eigenvalue weighted by Crippen LogP contribution is 2.07. The highest BCUT2D eigenvalue weighted by Gasteiger charge is 2.09. The lowest BCUT2D eigenvalue weighted by Gasteiger charge is -2.17. The smallest absolute Gasteiger partial charge is 0.271 e. The van der Waals surface area contributed by atoms with E-state index >= 15 is 0 Å². The van der Waals surface area contributed by atoms with Gasteiger partial charge in [0, 0.05) is 26.7 Å². The van der Waals surface area contributed by atoms with Gasteiger partial charge in [0.15, 0.2) is 0 Å². The molecule has 0 aliphatic heterocycles. The van der Waals surface area contributed by atoms with Crippen molar-refractivity contribution in [2.45, 2.75) is 19.8 Å². The zero-order chi connectivity index (χ0) is 15.0. The minimum atomic E-state index is -0.179. The molecular weight excluding hydrogens is 254 g/mol. The lowest BCUT2D eigenvalue weighted by atomic mass is 10.3. The molecule has 1 amide bonds. The van der Waals surface area contributed by atoms with Gasteiger partial charge >= 0.3 is 0 Å². The first-order valence-electron chi connectivity index (χ1n) is 7.00. The van der Waals surface area contributed by atoms with Gasteiger partial charge in [0.2, 0.25) is 0 Å². The van der Waals surface area contributed by atoms with Gasteiger partial charge in [-0.25, -0.2) is 9.97 Å². The minimum absolute atomic E-state index is 0.179. The van der Waals surface area contributed by atoms with Crippen LogP contribution in [0.3, 0.4) is 0 Å². The van der Waals surface area contributed by atoms with Crippen LogP contribution in [0.5, 0.6) is 0 Å². The quantitative estimate of drug-likeness (QED) is 0.769. The fourth-order valence-electron chi connectivity index (χ4n) is 1.63. The van der Waals surface area contributed by atoms with Crippen molar-refractivity contribution in [3.8, 4) is 0 Å². The fraction of sp³-hybridized carbons (Fsp3) is 0.643. The van der Waals surface area contributed by atoms with E-state index in [4.69, 9.17) is 0 Å². The van der Waals surface area contributed by atoms with Gasteiger partial charge in [-0.05, 0) is 20.5 Å². The summed E-state index contributed by atoms with van der Waals surface area (Å²) in [7, 11) is 5.91. The van der Waals surface area contributed by atoms with Gasteiger partial charge in [0.05, 0.1) is 12.4 Å².